The molecular weight excluding hydrogens is 427 g/mol. The first-order valence-corrected chi connectivity index (χ1v) is 14.4. The number of hydrogen-bond donors (Lipinski definition) is 0. The van der Waals surface area contributed by atoms with Crippen LogP contribution in [0.1, 0.15) is 18.9 Å². The third kappa shape index (κ3) is 3.17. The van der Waals surface area contributed by atoms with Crippen LogP contribution in [-0.2, 0) is 6.42 Å². The van der Waals surface area contributed by atoms with E-state index in [4.69, 9.17) is 0 Å². The normalized spacial score (nSPS) is 12.6. The Labute approximate surface area is 203 Å². The first-order valence-electron chi connectivity index (χ1n) is 12.1. The van der Waals surface area contributed by atoms with Gasteiger partial charge in [-0.2, -0.15) is 0 Å². The summed E-state index contributed by atoms with van der Waals surface area (Å²) >= 11 is 0. The molecule has 0 N–H and O–H groups in total. The zero-order valence-electron chi connectivity index (χ0n) is 19.7. The van der Waals surface area contributed by atoms with E-state index in [2.05, 4.69) is 153 Å². The van der Waals surface area contributed by atoms with Gasteiger partial charge >= 0.3 is 204 Å². The van der Waals surface area contributed by atoms with Crippen molar-refractivity contribution in [1.82, 2.24) is 0 Å². The van der Waals surface area contributed by atoms with E-state index >= 15 is 0 Å². The van der Waals surface area contributed by atoms with Crippen LogP contribution in [0.5, 0.6) is 0 Å². The quantitative estimate of drug-likeness (QED) is 0.258. The van der Waals surface area contributed by atoms with Gasteiger partial charge in [0.05, 0.1) is 0 Å². The SMILES string of the molecule is CCCc1ccccc1P(c1ccccc1)(c1ccccc1)(c1ccccc1)c1ccccc1. The van der Waals surface area contributed by atoms with Crippen LogP contribution in [0.15, 0.2) is 146 Å². The molecule has 0 amide bonds. The van der Waals surface area contributed by atoms with Crippen molar-refractivity contribution in [3.8, 4) is 0 Å². The minimum atomic E-state index is -3.35. The van der Waals surface area contributed by atoms with Crippen LogP contribution in [0.25, 0.3) is 0 Å². The molecule has 0 spiro atoms. The van der Waals surface area contributed by atoms with Gasteiger partial charge in [-0.25, -0.2) is 0 Å². The fourth-order valence-electron chi connectivity index (χ4n) is 5.78. The molecule has 0 aliphatic heterocycles. The van der Waals surface area contributed by atoms with Gasteiger partial charge in [0, 0.05) is 0 Å². The molecule has 5 rings (SSSR count). The molecule has 5 aromatic carbocycles. The Bertz CT molecular complexity index is 1170. The molecular formula is C33H31P. The monoisotopic (exact) mass is 458 g/mol. The summed E-state index contributed by atoms with van der Waals surface area (Å²) < 4.78 is 0. The molecule has 0 aliphatic carbocycles. The van der Waals surface area contributed by atoms with E-state index in [1.54, 1.807) is 0 Å². The molecule has 0 aromatic heterocycles. The molecule has 0 saturated carbocycles. The second-order valence-electron chi connectivity index (χ2n) is 8.84. The van der Waals surface area contributed by atoms with E-state index < -0.39 is 6.60 Å². The standard InChI is InChI=1S/C33H31P/c1-2-17-28-18-15-16-27-33(28)34(29-19-7-3-8-20-29,30-21-9-4-10-22-30,31-23-11-5-12-24-31)32-25-13-6-14-26-32/h3-16,18-27H,2,17H2,1H3. The summed E-state index contributed by atoms with van der Waals surface area (Å²) in [7, 11) is 0. The topological polar surface area (TPSA) is 0 Å². The molecule has 0 bridgehead atoms. The van der Waals surface area contributed by atoms with E-state index in [0.717, 1.165) is 12.8 Å². The maximum atomic E-state index is 2.41. The van der Waals surface area contributed by atoms with Crippen molar-refractivity contribution >= 4 is 33.1 Å². The summed E-state index contributed by atoms with van der Waals surface area (Å²) in [5.41, 5.74) is 1.43. The van der Waals surface area contributed by atoms with Crippen molar-refractivity contribution in [2.45, 2.75) is 19.8 Å². The van der Waals surface area contributed by atoms with Crippen LogP contribution in [-0.4, -0.2) is 0 Å². The van der Waals surface area contributed by atoms with Crippen molar-refractivity contribution in [3.05, 3.63) is 151 Å². The van der Waals surface area contributed by atoms with E-state index in [1.807, 2.05) is 0 Å². The average molecular weight is 459 g/mol. The first kappa shape index (κ1) is 22.3. The molecule has 0 atom stereocenters. The number of rotatable bonds is 7. The van der Waals surface area contributed by atoms with Crippen LogP contribution < -0.4 is 26.5 Å². The molecule has 34 heavy (non-hydrogen) atoms. The number of aryl methyl sites for hydroxylation is 1. The van der Waals surface area contributed by atoms with E-state index in [9.17, 15) is 0 Å². The van der Waals surface area contributed by atoms with Gasteiger partial charge in [0.15, 0.2) is 0 Å². The van der Waals surface area contributed by atoms with Crippen molar-refractivity contribution < 1.29 is 0 Å². The van der Waals surface area contributed by atoms with Gasteiger partial charge in [0.25, 0.3) is 0 Å². The van der Waals surface area contributed by atoms with Gasteiger partial charge in [0.2, 0.25) is 0 Å². The predicted octanol–water partition coefficient (Wildman–Crippen LogP) is 6.12. The van der Waals surface area contributed by atoms with Gasteiger partial charge < -0.3 is 0 Å². The summed E-state index contributed by atoms with van der Waals surface area (Å²) in [6.45, 7) is -1.07. The molecule has 168 valence electrons. The van der Waals surface area contributed by atoms with Gasteiger partial charge in [-0.05, 0) is 0 Å². The minimum absolute atomic E-state index is 1.05. The number of benzene rings is 5. The Morgan fingerprint density at radius 1 is 0.412 bits per heavy atom. The summed E-state index contributed by atoms with van der Waals surface area (Å²) in [5.74, 6) is 0. The van der Waals surface area contributed by atoms with Crippen LogP contribution in [0.2, 0.25) is 0 Å². The van der Waals surface area contributed by atoms with Crippen LogP contribution >= 0.6 is 6.60 Å². The molecule has 5 aromatic rings. The maximum absolute atomic E-state index is 3.35. The fourth-order valence-corrected chi connectivity index (χ4v) is 12.9. The van der Waals surface area contributed by atoms with Crippen molar-refractivity contribution in [3.63, 3.8) is 0 Å². The predicted molar refractivity (Wildman–Crippen MR) is 151 cm³/mol. The first-order chi connectivity index (χ1) is 16.8. The van der Waals surface area contributed by atoms with Gasteiger partial charge in [-0.1, -0.05) is 0 Å². The Morgan fingerprint density at radius 2 is 0.735 bits per heavy atom. The fraction of sp³-hybridized carbons (Fsp3) is 0.0909. The van der Waals surface area contributed by atoms with Crippen molar-refractivity contribution in [1.29, 1.82) is 0 Å². The summed E-state index contributed by atoms with van der Waals surface area (Å²) in [6, 6.07) is 54.2. The summed E-state index contributed by atoms with van der Waals surface area (Å²) in [5, 5.41) is 6.95. The Morgan fingerprint density at radius 3 is 1.09 bits per heavy atom. The van der Waals surface area contributed by atoms with Crippen LogP contribution in [0.4, 0.5) is 0 Å². The molecule has 1 heteroatoms. The number of hydrogen-bond acceptors (Lipinski definition) is 0. The molecule has 0 fully saturated rings. The average Bonchev–Trinajstić information content (AvgIpc) is 2.93. The van der Waals surface area contributed by atoms with Crippen LogP contribution in [0, 0.1) is 0 Å². The third-order valence-electron chi connectivity index (χ3n) is 7.08. The molecule has 0 radical (unpaired) electrons. The molecule has 0 nitrogen and oxygen atoms in total. The van der Waals surface area contributed by atoms with Crippen LogP contribution in [0.3, 0.4) is 0 Å². The molecule has 0 heterocycles. The second kappa shape index (κ2) is 9.41. The van der Waals surface area contributed by atoms with Crippen molar-refractivity contribution in [2.75, 3.05) is 0 Å². The second-order valence-corrected chi connectivity index (χ2v) is 13.6. The third-order valence-corrected chi connectivity index (χ3v) is 13.8. The van der Waals surface area contributed by atoms with Gasteiger partial charge in [0.1, 0.15) is 0 Å². The van der Waals surface area contributed by atoms with Gasteiger partial charge in [-0.3, -0.25) is 0 Å². The Hall–Kier alpha value is -3.47. The van der Waals surface area contributed by atoms with E-state index in [-0.39, 0.29) is 0 Å². The molecule has 0 aliphatic rings. The Kier molecular flexibility index (Phi) is 6.18. The molecule has 0 saturated heterocycles. The van der Waals surface area contributed by atoms with E-state index in [1.165, 1.54) is 32.1 Å². The zero-order chi connectivity index (χ0) is 23.3. The van der Waals surface area contributed by atoms with Crippen molar-refractivity contribution in [2.24, 2.45) is 0 Å². The Balaban J connectivity index is 2.15. The summed E-state index contributed by atoms with van der Waals surface area (Å²) in [4.78, 5) is 0. The molecule has 0 unspecified atom stereocenters. The van der Waals surface area contributed by atoms with E-state index in [0.29, 0.717) is 0 Å². The summed E-state index contributed by atoms with van der Waals surface area (Å²) in [6.07, 6.45) is 2.16. The zero-order valence-corrected chi connectivity index (χ0v) is 20.6. The van der Waals surface area contributed by atoms with Gasteiger partial charge in [-0.15, -0.1) is 0 Å².